The number of nitrogens with two attached hydrogens (primary N) is 1. The summed E-state index contributed by atoms with van der Waals surface area (Å²) >= 11 is 0. The first-order chi connectivity index (χ1) is 24.7. The first kappa shape index (κ1) is 44.4. The number of unbranched alkanes of at least 4 members (excludes halogenated alkanes) is 6. The lowest BCUT2D eigenvalue weighted by molar-refractivity contribution is -0.144. The Labute approximate surface area is 309 Å². The fourth-order valence-electron chi connectivity index (χ4n) is 6.71. The van der Waals surface area contributed by atoms with Crippen molar-refractivity contribution >= 4 is 41.2 Å². The quantitative estimate of drug-likeness (QED) is 0.0848. The molecule has 1 fully saturated rings. The Kier molecular flexibility index (Phi) is 19.1. The standard InChI is InChI=1S/C37H65N7O8/c1-8-10-11-12-13-14-15-17-26-30(29(21-38)52-43-26)34(47)41-27(20-22(3)4)32(45)39-24(7)36(49)44-19-16-18-28(44)33(46)42-31(23(5)6)35(48)40-25(9-2)37(50)51/h22-25,27-31H,8-21,38H2,1-7H3,(H,39,45)(H,40,48)(H,41,47)(H,42,46)(H,50,51)/t24-,25+,27+,28+,29+,30-,31+/m1/s1. The Bertz CT molecular complexity index is 1240. The predicted octanol–water partition coefficient (Wildman–Crippen LogP) is 2.60. The second kappa shape index (κ2) is 22.3. The minimum atomic E-state index is -1.17. The highest BCUT2D eigenvalue weighted by Gasteiger charge is 2.42. The third-order valence-corrected chi connectivity index (χ3v) is 9.76. The molecule has 0 aromatic heterocycles. The first-order valence-corrected chi connectivity index (χ1v) is 19.3. The van der Waals surface area contributed by atoms with E-state index in [-0.39, 0.29) is 31.3 Å². The van der Waals surface area contributed by atoms with Gasteiger partial charge in [0.05, 0.1) is 5.71 Å². The third-order valence-electron chi connectivity index (χ3n) is 9.76. The molecule has 0 saturated carbocycles. The molecule has 296 valence electrons. The molecular weight excluding hydrogens is 670 g/mol. The molecule has 2 heterocycles. The number of hydrogen-bond donors (Lipinski definition) is 6. The fraction of sp³-hybridized carbons (Fsp3) is 0.811. The highest BCUT2D eigenvalue weighted by Crippen LogP contribution is 2.24. The molecular formula is C37H65N7O8. The summed E-state index contributed by atoms with van der Waals surface area (Å²) in [6.45, 7) is 13.0. The molecule has 7 N–H and O–H groups in total. The van der Waals surface area contributed by atoms with Gasteiger partial charge >= 0.3 is 5.97 Å². The number of amides is 5. The molecule has 0 aliphatic carbocycles. The van der Waals surface area contributed by atoms with Gasteiger partial charge in [0.2, 0.25) is 29.5 Å². The monoisotopic (exact) mass is 735 g/mol. The van der Waals surface area contributed by atoms with Crippen molar-refractivity contribution in [3.8, 4) is 0 Å². The van der Waals surface area contributed by atoms with Gasteiger partial charge in [0, 0.05) is 13.1 Å². The van der Waals surface area contributed by atoms with Crippen LogP contribution in [0, 0.1) is 17.8 Å². The third kappa shape index (κ3) is 13.3. The summed E-state index contributed by atoms with van der Waals surface area (Å²) in [5.74, 6) is -4.77. The van der Waals surface area contributed by atoms with Crippen molar-refractivity contribution in [3.63, 3.8) is 0 Å². The van der Waals surface area contributed by atoms with E-state index in [0.717, 1.165) is 19.3 Å². The van der Waals surface area contributed by atoms with Gasteiger partial charge < -0.3 is 41.8 Å². The van der Waals surface area contributed by atoms with Crippen molar-refractivity contribution in [2.45, 2.75) is 162 Å². The van der Waals surface area contributed by atoms with Crippen LogP contribution in [0.3, 0.4) is 0 Å². The molecule has 52 heavy (non-hydrogen) atoms. The zero-order chi connectivity index (χ0) is 39.0. The van der Waals surface area contributed by atoms with Crippen LogP contribution in [0.15, 0.2) is 5.16 Å². The van der Waals surface area contributed by atoms with Crippen LogP contribution < -0.4 is 27.0 Å². The maximum absolute atomic E-state index is 13.7. The van der Waals surface area contributed by atoms with Gasteiger partial charge in [0.1, 0.15) is 36.1 Å². The van der Waals surface area contributed by atoms with E-state index in [9.17, 15) is 33.9 Å². The van der Waals surface area contributed by atoms with Crippen LogP contribution in [0.4, 0.5) is 0 Å². The van der Waals surface area contributed by atoms with Gasteiger partial charge in [-0.15, -0.1) is 0 Å². The van der Waals surface area contributed by atoms with Crippen LogP contribution >= 0.6 is 0 Å². The molecule has 0 unspecified atom stereocenters. The van der Waals surface area contributed by atoms with E-state index < -0.39 is 77.7 Å². The Morgan fingerprint density at radius 2 is 1.52 bits per heavy atom. The van der Waals surface area contributed by atoms with Crippen LogP contribution in [0.2, 0.25) is 0 Å². The van der Waals surface area contributed by atoms with Gasteiger partial charge in [-0.25, -0.2) is 4.79 Å². The summed E-state index contributed by atoms with van der Waals surface area (Å²) in [4.78, 5) is 85.7. The lowest BCUT2D eigenvalue weighted by Gasteiger charge is -2.30. The first-order valence-electron chi connectivity index (χ1n) is 19.3. The summed E-state index contributed by atoms with van der Waals surface area (Å²) < 4.78 is 0. The van der Waals surface area contributed by atoms with Gasteiger partial charge in [-0.05, 0) is 57.3 Å². The van der Waals surface area contributed by atoms with Gasteiger partial charge in [0.25, 0.3) is 0 Å². The number of nitrogens with one attached hydrogen (secondary N) is 4. The number of carbonyl (C=O) groups excluding carboxylic acids is 5. The Hall–Kier alpha value is -3.75. The molecule has 0 aromatic carbocycles. The van der Waals surface area contributed by atoms with Crippen LogP contribution in [0.1, 0.15) is 126 Å². The number of hydrogen-bond acceptors (Lipinski definition) is 9. The molecule has 0 spiro atoms. The molecule has 2 rings (SSSR count). The van der Waals surface area contributed by atoms with Crippen molar-refractivity contribution in [2.24, 2.45) is 28.6 Å². The topological polar surface area (TPSA) is 222 Å². The Morgan fingerprint density at radius 3 is 2.10 bits per heavy atom. The number of oxime groups is 1. The summed E-state index contributed by atoms with van der Waals surface area (Å²) in [5, 5.41) is 24.4. The van der Waals surface area contributed by atoms with Crippen molar-refractivity contribution in [1.82, 2.24) is 26.2 Å². The zero-order valence-corrected chi connectivity index (χ0v) is 32.4. The summed E-state index contributed by atoms with van der Waals surface area (Å²) in [7, 11) is 0. The lowest BCUT2D eigenvalue weighted by Crippen LogP contribution is -2.59. The second-order valence-corrected chi connectivity index (χ2v) is 15.0. The number of carboxylic acid groups (broad SMARTS) is 1. The largest absolute Gasteiger partial charge is 0.480 e. The number of nitrogens with zero attached hydrogens (tertiary/aromatic N) is 2. The number of rotatable bonds is 23. The number of carbonyl (C=O) groups is 6. The zero-order valence-electron chi connectivity index (χ0n) is 32.4. The number of carboxylic acids is 1. The molecule has 1 saturated heterocycles. The molecule has 0 radical (unpaired) electrons. The highest BCUT2D eigenvalue weighted by molar-refractivity contribution is 6.06. The van der Waals surface area contributed by atoms with E-state index in [1.54, 1.807) is 20.8 Å². The Balaban J connectivity index is 2.07. The summed E-state index contributed by atoms with van der Waals surface area (Å²) in [6.07, 6.45) is 9.18. The van der Waals surface area contributed by atoms with Crippen molar-refractivity contribution in [3.05, 3.63) is 0 Å². The average molecular weight is 736 g/mol. The smallest absolute Gasteiger partial charge is 0.326 e. The molecule has 0 aromatic rings. The maximum atomic E-state index is 13.7. The molecule has 7 atom stereocenters. The van der Waals surface area contributed by atoms with E-state index in [1.807, 2.05) is 13.8 Å². The van der Waals surface area contributed by atoms with E-state index >= 15 is 0 Å². The van der Waals surface area contributed by atoms with Crippen molar-refractivity contribution in [1.29, 1.82) is 0 Å². The second-order valence-electron chi connectivity index (χ2n) is 15.0. The fourth-order valence-corrected chi connectivity index (χ4v) is 6.71. The van der Waals surface area contributed by atoms with Crippen molar-refractivity contribution < 1.29 is 38.7 Å². The molecule has 15 nitrogen and oxygen atoms in total. The normalized spacial score (nSPS) is 20.8. The molecule has 2 aliphatic rings. The molecule has 2 aliphatic heterocycles. The van der Waals surface area contributed by atoms with Gasteiger partial charge in [-0.2, -0.15) is 0 Å². The lowest BCUT2D eigenvalue weighted by atomic mass is 9.91. The molecule has 15 heteroatoms. The predicted molar refractivity (Wildman–Crippen MR) is 198 cm³/mol. The van der Waals surface area contributed by atoms with Gasteiger partial charge in [-0.1, -0.05) is 85.2 Å². The minimum absolute atomic E-state index is 0.0360. The number of aliphatic carboxylic acids is 1. The van der Waals surface area contributed by atoms with Gasteiger partial charge in [-0.3, -0.25) is 24.0 Å². The summed E-state index contributed by atoms with van der Waals surface area (Å²) in [5.41, 5.74) is 6.55. The summed E-state index contributed by atoms with van der Waals surface area (Å²) in [6, 6.07) is -4.94. The van der Waals surface area contributed by atoms with E-state index in [2.05, 4.69) is 33.3 Å². The average Bonchev–Trinajstić information content (AvgIpc) is 3.75. The van der Waals surface area contributed by atoms with Crippen LogP contribution in [-0.2, 0) is 33.6 Å². The van der Waals surface area contributed by atoms with Crippen LogP contribution in [0.25, 0.3) is 0 Å². The highest BCUT2D eigenvalue weighted by atomic mass is 16.6. The molecule has 0 bridgehead atoms. The van der Waals surface area contributed by atoms with E-state index in [1.165, 1.54) is 37.5 Å². The molecule has 5 amide bonds. The van der Waals surface area contributed by atoms with E-state index in [4.69, 9.17) is 10.6 Å². The maximum Gasteiger partial charge on any atom is 0.326 e. The van der Waals surface area contributed by atoms with Crippen molar-refractivity contribution in [2.75, 3.05) is 13.1 Å². The van der Waals surface area contributed by atoms with E-state index in [0.29, 0.717) is 31.4 Å². The number of likely N-dealkylation sites (tertiary alicyclic amines) is 1. The van der Waals surface area contributed by atoms with Crippen LogP contribution in [-0.4, -0.2) is 101 Å². The SMILES string of the molecule is CCCCCCCCCC1=NO[C@@H](CN)[C@@H]1C(=O)N[C@@H](CC(C)C)C(=O)N[C@H](C)C(=O)N1CCC[C@H]1C(=O)N[C@H](C(=O)N[C@@H](CC)C(=O)O)C(C)C. The minimum Gasteiger partial charge on any atom is -0.480 e. The van der Waals surface area contributed by atoms with Gasteiger partial charge in [0.15, 0.2) is 6.10 Å². The van der Waals surface area contributed by atoms with Crippen LogP contribution in [0.5, 0.6) is 0 Å². The Morgan fingerprint density at radius 1 is 0.865 bits per heavy atom.